The highest BCUT2D eigenvalue weighted by molar-refractivity contribution is 6.12. The van der Waals surface area contributed by atoms with Crippen molar-refractivity contribution in [2.24, 2.45) is 16.6 Å². The molecule has 1 aromatic heterocycles. The van der Waals surface area contributed by atoms with Crippen LogP contribution in [0.4, 0.5) is 27.8 Å². The van der Waals surface area contributed by atoms with E-state index < -0.39 is 47.3 Å². The third-order valence-corrected chi connectivity index (χ3v) is 5.63. The second-order valence-corrected chi connectivity index (χ2v) is 9.09. The van der Waals surface area contributed by atoms with Gasteiger partial charge in [0, 0.05) is 18.1 Å². The first-order valence-corrected chi connectivity index (χ1v) is 11.7. The smallest absolute Gasteiger partial charge is 0.382 e. The largest absolute Gasteiger partial charge is 0.416 e. The number of amides is 1. The van der Waals surface area contributed by atoms with Crippen LogP contribution in [-0.4, -0.2) is 53.4 Å². The number of guanidine groups is 1. The number of halogens is 5. The number of rotatable bonds is 7. The lowest BCUT2D eigenvalue weighted by atomic mass is 10.0. The molecule has 0 saturated heterocycles. The molecule has 3 aromatic rings. The third kappa shape index (κ3) is 6.95. The second kappa shape index (κ2) is 11.9. The monoisotopic (exact) mass is 554 g/mol. The molecule has 3 rings (SSSR count). The molecule has 210 valence electrons. The highest BCUT2D eigenvalue weighted by Gasteiger charge is 2.32. The van der Waals surface area contributed by atoms with Gasteiger partial charge in [-0.1, -0.05) is 13.8 Å². The number of nitrogens with zero attached hydrogens (tertiary/aromatic N) is 3. The number of anilines is 1. The van der Waals surface area contributed by atoms with Crippen LogP contribution in [0.1, 0.15) is 41.5 Å². The fraction of sp³-hybridized carbons (Fsp3) is 0.360. The maximum Gasteiger partial charge on any atom is 0.416 e. The summed E-state index contributed by atoms with van der Waals surface area (Å²) in [5.74, 6) is -4.70. The first-order chi connectivity index (χ1) is 18.2. The van der Waals surface area contributed by atoms with E-state index in [2.05, 4.69) is 20.7 Å². The Morgan fingerprint density at radius 3 is 2.38 bits per heavy atom. The molecular formula is C25H27F5N6O3. The summed E-state index contributed by atoms with van der Waals surface area (Å²) in [5.41, 5.74) is 4.55. The van der Waals surface area contributed by atoms with E-state index in [-0.39, 0.29) is 40.8 Å². The predicted octanol–water partition coefficient (Wildman–Crippen LogP) is 4.19. The topological polar surface area (TPSA) is 124 Å². The third-order valence-electron chi connectivity index (χ3n) is 5.63. The van der Waals surface area contributed by atoms with Gasteiger partial charge in [0.1, 0.15) is 0 Å². The number of methoxy groups -OCH3 is 1. The Morgan fingerprint density at radius 2 is 1.79 bits per heavy atom. The van der Waals surface area contributed by atoms with Crippen LogP contribution in [0.5, 0.6) is 0 Å². The van der Waals surface area contributed by atoms with E-state index in [0.29, 0.717) is 6.07 Å². The molecule has 2 aromatic carbocycles. The number of carbonyl (C=O) groups excluding carboxylic acids is 2. The average molecular weight is 555 g/mol. The molecule has 1 heterocycles. The summed E-state index contributed by atoms with van der Waals surface area (Å²) in [6.45, 7) is 5.11. The van der Waals surface area contributed by atoms with Gasteiger partial charge in [0.2, 0.25) is 5.96 Å². The summed E-state index contributed by atoms with van der Waals surface area (Å²) in [6.07, 6.45) is -4.69. The quantitative estimate of drug-likeness (QED) is 0.229. The van der Waals surface area contributed by atoms with Crippen LogP contribution in [0, 0.1) is 17.6 Å². The molecule has 9 nitrogen and oxygen atoms in total. The maximum absolute atomic E-state index is 13.7. The number of carbonyl (C=O) groups is 2. The van der Waals surface area contributed by atoms with Crippen molar-refractivity contribution in [2.45, 2.75) is 39.0 Å². The number of ether oxygens (including phenoxy) is 1. The Morgan fingerprint density at radius 1 is 1.10 bits per heavy atom. The summed E-state index contributed by atoms with van der Waals surface area (Å²) in [5, 5.41) is 9.39. The number of aromatic nitrogens is 2. The van der Waals surface area contributed by atoms with Gasteiger partial charge in [-0.3, -0.25) is 14.9 Å². The van der Waals surface area contributed by atoms with E-state index in [1.54, 1.807) is 20.8 Å². The molecule has 2 atom stereocenters. The molecule has 0 aliphatic carbocycles. The lowest BCUT2D eigenvalue weighted by Gasteiger charge is -2.14. The zero-order valence-electron chi connectivity index (χ0n) is 21.4. The summed E-state index contributed by atoms with van der Waals surface area (Å²) < 4.78 is 73.1. The lowest BCUT2D eigenvalue weighted by molar-refractivity contribution is -0.137. The van der Waals surface area contributed by atoms with Crippen LogP contribution in [0.3, 0.4) is 0 Å². The Balaban J connectivity index is 2.09. The lowest BCUT2D eigenvalue weighted by Crippen LogP contribution is -2.40. The minimum atomic E-state index is -4.69. The fourth-order valence-electron chi connectivity index (χ4n) is 3.50. The van der Waals surface area contributed by atoms with Crippen LogP contribution >= 0.6 is 0 Å². The standard InChI is InChI=1S/C25H27F5N6O3/c1-12(2)20(31)23(38)36-19-10-15(25(28,29)30)6-7-16(19)21(35-36)33-24(32-13(3)11-39-4)34-22(37)14-5-8-17(26)18(27)9-14/h5-10,12-13,20H,11,31H2,1-4H3,(H2,32,33,34,35,37). The molecule has 0 fully saturated rings. The van der Waals surface area contributed by atoms with Crippen molar-refractivity contribution in [3.8, 4) is 0 Å². The summed E-state index contributed by atoms with van der Waals surface area (Å²) in [4.78, 5) is 30.1. The fourth-order valence-corrected chi connectivity index (χ4v) is 3.50. The highest BCUT2D eigenvalue weighted by atomic mass is 19.4. The molecule has 14 heteroatoms. The number of aliphatic imine (C=N–C) groups is 1. The Labute approximate surface area is 220 Å². The van der Waals surface area contributed by atoms with Crippen LogP contribution in [0.2, 0.25) is 0 Å². The summed E-state index contributed by atoms with van der Waals surface area (Å²) in [7, 11) is 1.43. The van der Waals surface area contributed by atoms with Crippen LogP contribution in [0.25, 0.3) is 10.9 Å². The highest BCUT2D eigenvalue weighted by Crippen LogP contribution is 2.33. The number of alkyl halides is 3. The predicted molar refractivity (Wildman–Crippen MR) is 134 cm³/mol. The molecule has 39 heavy (non-hydrogen) atoms. The Kier molecular flexibility index (Phi) is 9.02. The summed E-state index contributed by atoms with van der Waals surface area (Å²) in [6, 6.07) is 3.61. The van der Waals surface area contributed by atoms with Crippen molar-refractivity contribution in [2.75, 3.05) is 19.0 Å². The molecule has 0 aliphatic heterocycles. The SMILES string of the molecule is COCC(C)N=C(NC(=O)c1ccc(F)c(F)c1)Nc1nn(C(=O)C(N)C(C)C)c2cc(C(F)(F)F)ccc12. The first-order valence-electron chi connectivity index (χ1n) is 11.7. The minimum absolute atomic E-state index is 0.0986. The number of nitrogens with two attached hydrogens (primary N) is 1. The molecule has 2 unspecified atom stereocenters. The first kappa shape index (κ1) is 29.6. The zero-order chi connectivity index (χ0) is 29.1. The molecule has 1 amide bonds. The zero-order valence-corrected chi connectivity index (χ0v) is 21.4. The van der Waals surface area contributed by atoms with Crippen LogP contribution in [-0.2, 0) is 10.9 Å². The summed E-state index contributed by atoms with van der Waals surface area (Å²) >= 11 is 0. The van der Waals surface area contributed by atoms with E-state index in [4.69, 9.17) is 10.5 Å². The van der Waals surface area contributed by atoms with Gasteiger partial charge < -0.3 is 15.8 Å². The van der Waals surface area contributed by atoms with E-state index in [0.717, 1.165) is 35.0 Å². The van der Waals surface area contributed by atoms with Gasteiger partial charge >= 0.3 is 6.18 Å². The average Bonchev–Trinajstić information content (AvgIpc) is 3.21. The molecule has 4 N–H and O–H groups in total. The second-order valence-electron chi connectivity index (χ2n) is 9.09. The van der Waals surface area contributed by atoms with Gasteiger partial charge in [-0.25, -0.2) is 13.8 Å². The molecule has 0 saturated carbocycles. The Hall–Kier alpha value is -3.91. The van der Waals surface area contributed by atoms with Crippen molar-refractivity contribution in [3.63, 3.8) is 0 Å². The van der Waals surface area contributed by atoms with E-state index in [9.17, 15) is 31.5 Å². The normalized spacial score (nSPS) is 14.0. The Bertz CT molecular complexity index is 1400. The van der Waals surface area contributed by atoms with Crippen molar-refractivity contribution >= 4 is 34.5 Å². The van der Waals surface area contributed by atoms with Crippen LogP contribution < -0.4 is 16.4 Å². The van der Waals surface area contributed by atoms with Gasteiger partial charge in [-0.2, -0.15) is 17.9 Å². The minimum Gasteiger partial charge on any atom is -0.382 e. The van der Waals surface area contributed by atoms with Gasteiger partial charge in [-0.15, -0.1) is 5.10 Å². The molecular weight excluding hydrogens is 527 g/mol. The van der Waals surface area contributed by atoms with E-state index >= 15 is 0 Å². The molecule has 0 radical (unpaired) electrons. The number of hydrogen-bond donors (Lipinski definition) is 3. The number of fused-ring (bicyclic) bond motifs is 1. The van der Waals surface area contributed by atoms with Gasteiger partial charge in [0.25, 0.3) is 11.8 Å². The van der Waals surface area contributed by atoms with Crippen molar-refractivity contribution in [1.29, 1.82) is 0 Å². The maximum atomic E-state index is 13.7. The van der Waals surface area contributed by atoms with E-state index in [1.165, 1.54) is 7.11 Å². The van der Waals surface area contributed by atoms with Crippen molar-refractivity contribution in [3.05, 3.63) is 59.2 Å². The van der Waals surface area contributed by atoms with Gasteiger partial charge in [-0.05, 0) is 49.2 Å². The number of hydrogen-bond acceptors (Lipinski definition) is 6. The molecule has 0 spiro atoms. The molecule has 0 aliphatic rings. The van der Waals surface area contributed by atoms with Crippen molar-refractivity contribution in [1.82, 2.24) is 15.1 Å². The number of nitrogens with one attached hydrogen (secondary N) is 2. The van der Waals surface area contributed by atoms with E-state index in [1.807, 2.05) is 0 Å². The van der Waals surface area contributed by atoms with Gasteiger partial charge in [0.05, 0.1) is 29.8 Å². The molecule has 0 bridgehead atoms. The van der Waals surface area contributed by atoms with Crippen molar-refractivity contribution < 1.29 is 36.3 Å². The van der Waals surface area contributed by atoms with Crippen LogP contribution in [0.15, 0.2) is 41.4 Å². The van der Waals surface area contributed by atoms with Gasteiger partial charge in [0.15, 0.2) is 17.5 Å². The number of benzene rings is 2.